The van der Waals surface area contributed by atoms with Crippen molar-refractivity contribution in [2.24, 2.45) is 0 Å². The minimum atomic E-state index is -5.01. The SMILES string of the molecule is C=CS(=O)(=O)Cc1cc(C(F)(F)F)cc(C(F)(F)F)c1. The molecule has 0 aliphatic rings. The van der Waals surface area contributed by atoms with Crippen molar-refractivity contribution in [1.29, 1.82) is 0 Å². The Labute approximate surface area is 110 Å². The molecular formula is C11H8F6O2S. The fourth-order valence-electron chi connectivity index (χ4n) is 1.39. The van der Waals surface area contributed by atoms with Crippen LogP contribution >= 0.6 is 0 Å². The van der Waals surface area contributed by atoms with Gasteiger partial charge in [-0.3, -0.25) is 0 Å². The van der Waals surface area contributed by atoms with E-state index in [1.54, 1.807) is 0 Å². The second-order valence-corrected chi connectivity index (χ2v) is 5.84. The molecule has 0 aliphatic carbocycles. The van der Waals surface area contributed by atoms with Gasteiger partial charge in [-0.05, 0) is 23.8 Å². The molecule has 0 fully saturated rings. The maximum Gasteiger partial charge on any atom is 0.416 e. The molecule has 1 rings (SSSR count). The Kier molecular flexibility index (Phi) is 4.23. The molecule has 9 heteroatoms. The first-order valence-electron chi connectivity index (χ1n) is 4.99. The summed E-state index contributed by atoms with van der Waals surface area (Å²) in [6.07, 6.45) is -10.0. The van der Waals surface area contributed by atoms with Crippen LogP contribution in [0.2, 0.25) is 0 Å². The second-order valence-electron chi connectivity index (χ2n) is 3.89. The highest BCUT2D eigenvalue weighted by Gasteiger charge is 2.37. The number of rotatable bonds is 3. The first-order chi connectivity index (χ1) is 8.85. The summed E-state index contributed by atoms with van der Waals surface area (Å²) in [6, 6.07) is 0.677. The zero-order chi connectivity index (χ0) is 15.8. The van der Waals surface area contributed by atoms with E-state index in [2.05, 4.69) is 6.58 Å². The van der Waals surface area contributed by atoms with Crippen LogP contribution in [0.5, 0.6) is 0 Å². The molecule has 2 nitrogen and oxygen atoms in total. The molecule has 0 N–H and O–H groups in total. The van der Waals surface area contributed by atoms with Crippen molar-refractivity contribution in [1.82, 2.24) is 0 Å². The normalized spacial score (nSPS) is 13.3. The van der Waals surface area contributed by atoms with Gasteiger partial charge in [-0.25, -0.2) is 8.42 Å². The Balaban J connectivity index is 3.43. The summed E-state index contributed by atoms with van der Waals surface area (Å²) in [5.41, 5.74) is -3.71. The van der Waals surface area contributed by atoms with Crippen molar-refractivity contribution in [2.75, 3.05) is 0 Å². The maximum atomic E-state index is 12.5. The first-order valence-corrected chi connectivity index (χ1v) is 6.70. The van der Waals surface area contributed by atoms with E-state index in [4.69, 9.17) is 0 Å². The van der Waals surface area contributed by atoms with Crippen LogP contribution in [0.4, 0.5) is 26.3 Å². The van der Waals surface area contributed by atoms with Crippen molar-refractivity contribution in [3.05, 3.63) is 46.9 Å². The van der Waals surface area contributed by atoms with Crippen LogP contribution < -0.4 is 0 Å². The molecule has 1 aromatic rings. The van der Waals surface area contributed by atoms with Gasteiger partial charge in [-0.2, -0.15) is 26.3 Å². The molecule has 20 heavy (non-hydrogen) atoms. The third-order valence-electron chi connectivity index (χ3n) is 2.27. The van der Waals surface area contributed by atoms with E-state index in [9.17, 15) is 34.8 Å². The van der Waals surface area contributed by atoms with Crippen molar-refractivity contribution in [3.8, 4) is 0 Å². The van der Waals surface area contributed by atoms with Gasteiger partial charge in [0.2, 0.25) is 0 Å². The van der Waals surface area contributed by atoms with E-state index in [1.165, 1.54) is 0 Å². The standard InChI is InChI=1S/C11H8F6O2S/c1-2-20(18,19)6-7-3-8(10(12,13)14)5-9(4-7)11(15,16)17/h2-5H,1,6H2. The van der Waals surface area contributed by atoms with Gasteiger partial charge < -0.3 is 0 Å². The predicted molar refractivity (Wildman–Crippen MR) is 59.3 cm³/mol. The highest BCUT2D eigenvalue weighted by molar-refractivity contribution is 7.93. The summed E-state index contributed by atoms with van der Waals surface area (Å²) in [5.74, 6) is -0.983. The average molecular weight is 318 g/mol. The van der Waals surface area contributed by atoms with E-state index in [0.29, 0.717) is 17.5 Å². The summed E-state index contributed by atoms with van der Waals surface area (Å²) in [4.78, 5) is 0. The minimum Gasteiger partial charge on any atom is -0.224 e. The van der Waals surface area contributed by atoms with Gasteiger partial charge in [-0.15, -0.1) is 0 Å². The Morgan fingerprint density at radius 3 is 1.65 bits per heavy atom. The zero-order valence-electron chi connectivity index (χ0n) is 9.72. The summed E-state index contributed by atoms with van der Waals surface area (Å²) < 4.78 is 97.5. The number of benzene rings is 1. The third kappa shape index (κ3) is 4.26. The molecule has 0 saturated heterocycles. The molecule has 112 valence electrons. The van der Waals surface area contributed by atoms with Gasteiger partial charge in [0.15, 0.2) is 9.84 Å². The predicted octanol–water partition coefficient (Wildman–Crippen LogP) is 3.78. The lowest BCUT2D eigenvalue weighted by atomic mass is 10.1. The van der Waals surface area contributed by atoms with Gasteiger partial charge in [0.1, 0.15) is 0 Å². The minimum absolute atomic E-state index is 0.0654. The van der Waals surface area contributed by atoms with E-state index in [1.807, 2.05) is 0 Å². The summed E-state index contributed by atoms with van der Waals surface area (Å²) in [5, 5.41) is 0.473. The summed E-state index contributed by atoms with van der Waals surface area (Å²) >= 11 is 0. The number of hydrogen-bond acceptors (Lipinski definition) is 2. The third-order valence-corrected chi connectivity index (χ3v) is 3.51. The van der Waals surface area contributed by atoms with Crippen molar-refractivity contribution >= 4 is 9.84 Å². The van der Waals surface area contributed by atoms with Gasteiger partial charge in [0.05, 0.1) is 16.9 Å². The van der Waals surface area contributed by atoms with Crippen LogP contribution in [0, 0.1) is 0 Å². The fraction of sp³-hybridized carbons (Fsp3) is 0.273. The molecule has 0 atom stereocenters. The van der Waals surface area contributed by atoms with E-state index < -0.39 is 44.6 Å². The van der Waals surface area contributed by atoms with Crippen LogP contribution in [-0.2, 0) is 27.9 Å². The van der Waals surface area contributed by atoms with Gasteiger partial charge in [-0.1, -0.05) is 6.58 Å². The molecule has 0 amide bonds. The molecule has 0 aromatic heterocycles. The molecule has 1 aromatic carbocycles. The highest BCUT2D eigenvalue weighted by atomic mass is 32.2. The molecule has 0 aliphatic heterocycles. The number of sulfone groups is 1. The second kappa shape index (κ2) is 5.12. The van der Waals surface area contributed by atoms with Gasteiger partial charge in [0, 0.05) is 5.41 Å². The summed E-state index contributed by atoms with van der Waals surface area (Å²) in [7, 11) is -3.97. The number of alkyl halides is 6. The molecule has 0 radical (unpaired) electrons. The van der Waals surface area contributed by atoms with Crippen molar-refractivity contribution in [3.63, 3.8) is 0 Å². The molecule has 0 saturated carbocycles. The Hall–Kier alpha value is -1.51. The van der Waals surface area contributed by atoms with Crippen LogP contribution in [0.1, 0.15) is 16.7 Å². The Morgan fingerprint density at radius 2 is 1.35 bits per heavy atom. The quantitative estimate of drug-likeness (QED) is 0.795. The van der Waals surface area contributed by atoms with Crippen LogP contribution in [-0.4, -0.2) is 8.42 Å². The van der Waals surface area contributed by atoms with Crippen molar-refractivity contribution < 1.29 is 34.8 Å². The lowest BCUT2D eigenvalue weighted by molar-refractivity contribution is -0.143. The topological polar surface area (TPSA) is 34.1 Å². The summed E-state index contributed by atoms with van der Waals surface area (Å²) in [6.45, 7) is 2.94. The Bertz CT molecular complexity index is 581. The molecular weight excluding hydrogens is 310 g/mol. The highest BCUT2D eigenvalue weighted by Crippen LogP contribution is 2.36. The number of hydrogen-bond donors (Lipinski definition) is 0. The van der Waals surface area contributed by atoms with E-state index >= 15 is 0 Å². The molecule has 0 heterocycles. The Morgan fingerprint density at radius 1 is 0.950 bits per heavy atom. The molecule has 0 spiro atoms. The fourth-order valence-corrected chi connectivity index (χ4v) is 2.14. The van der Waals surface area contributed by atoms with Crippen LogP contribution in [0.3, 0.4) is 0 Å². The van der Waals surface area contributed by atoms with Gasteiger partial charge >= 0.3 is 12.4 Å². The van der Waals surface area contributed by atoms with Crippen LogP contribution in [0.25, 0.3) is 0 Å². The smallest absolute Gasteiger partial charge is 0.224 e. The molecule has 0 bridgehead atoms. The lowest BCUT2D eigenvalue weighted by Crippen LogP contribution is -2.12. The average Bonchev–Trinajstić information content (AvgIpc) is 2.25. The largest absolute Gasteiger partial charge is 0.416 e. The van der Waals surface area contributed by atoms with Gasteiger partial charge in [0.25, 0.3) is 0 Å². The zero-order valence-corrected chi connectivity index (χ0v) is 10.5. The molecule has 0 unspecified atom stereocenters. The van der Waals surface area contributed by atoms with Crippen LogP contribution in [0.15, 0.2) is 30.2 Å². The van der Waals surface area contributed by atoms with E-state index in [-0.39, 0.29) is 6.07 Å². The maximum absolute atomic E-state index is 12.5. The lowest BCUT2D eigenvalue weighted by Gasteiger charge is -2.13. The first kappa shape index (κ1) is 16.5. The van der Waals surface area contributed by atoms with Crippen molar-refractivity contribution in [2.45, 2.75) is 18.1 Å². The monoisotopic (exact) mass is 318 g/mol. The van der Waals surface area contributed by atoms with E-state index in [0.717, 1.165) is 0 Å². The number of halogens is 6.